The normalized spacial score (nSPS) is 11.1. The predicted octanol–water partition coefficient (Wildman–Crippen LogP) is 2.58. The molecule has 0 unspecified atom stereocenters. The van der Waals surface area contributed by atoms with Crippen molar-refractivity contribution in [2.45, 2.75) is 6.92 Å². The van der Waals surface area contributed by atoms with Crippen molar-refractivity contribution in [2.24, 2.45) is 10.8 Å². The number of nitrogens with zero attached hydrogens (tertiary/aromatic N) is 1. The Morgan fingerprint density at radius 3 is 2.37 bits per heavy atom. The molecule has 2 aromatic carbocycles. The van der Waals surface area contributed by atoms with Crippen molar-refractivity contribution >= 4 is 23.0 Å². The SMILES string of the molecule is Cc1cccc(/C(=N/NC(N)=S)c2ccccc2)c1. The fourth-order valence-corrected chi connectivity index (χ4v) is 1.84. The number of aryl methyl sites for hydroxylation is 1. The molecule has 19 heavy (non-hydrogen) atoms. The van der Waals surface area contributed by atoms with E-state index in [0.29, 0.717) is 0 Å². The molecular weight excluding hydrogens is 254 g/mol. The molecule has 0 radical (unpaired) electrons. The number of benzene rings is 2. The van der Waals surface area contributed by atoms with Crippen molar-refractivity contribution in [3.8, 4) is 0 Å². The summed E-state index contributed by atoms with van der Waals surface area (Å²) in [5.41, 5.74) is 12.1. The van der Waals surface area contributed by atoms with Gasteiger partial charge in [0.15, 0.2) is 5.11 Å². The molecule has 0 saturated heterocycles. The second kappa shape index (κ2) is 6.11. The van der Waals surface area contributed by atoms with E-state index >= 15 is 0 Å². The highest BCUT2D eigenvalue weighted by Gasteiger charge is 2.07. The maximum atomic E-state index is 5.44. The summed E-state index contributed by atoms with van der Waals surface area (Å²) < 4.78 is 0. The number of hydrogen-bond acceptors (Lipinski definition) is 2. The van der Waals surface area contributed by atoms with E-state index in [2.05, 4.69) is 16.6 Å². The van der Waals surface area contributed by atoms with Crippen LogP contribution in [0.2, 0.25) is 0 Å². The van der Waals surface area contributed by atoms with E-state index in [1.807, 2.05) is 55.5 Å². The van der Waals surface area contributed by atoms with Gasteiger partial charge in [-0.3, -0.25) is 5.43 Å². The van der Waals surface area contributed by atoms with Crippen LogP contribution in [0.5, 0.6) is 0 Å². The zero-order chi connectivity index (χ0) is 13.7. The summed E-state index contributed by atoms with van der Waals surface area (Å²) in [6.07, 6.45) is 0. The van der Waals surface area contributed by atoms with Crippen LogP contribution in [0.1, 0.15) is 16.7 Å². The molecule has 0 aliphatic rings. The minimum atomic E-state index is 0.154. The first-order valence-corrected chi connectivity index (χ1v) is 6.33. The van der Waals surface area contributed by atoms with Gasteiger partial charge in [0, 0.05) is 11.1 Å². The van der Waals surface area contributed by atoms with Gasteiger partial charge in [0.1, 0.15) is 0 Å². The minimum Gasteiger partial charge on any atom is -0.375 e. The van der Waals surface area contributed by atoms with Gasteiger partial charge in [-0.2, -0.15) is 5.10 Å². The van der Waals surface area contributed by atoms with Gasteiger partial charge in [0.25, 0.3) is 0 Å². The zero-order valence-electron chi connectivity index (χ0n) is 10.6. The van der Waals surface area contributed by atoms with Crippen molar-refractivity contribution in [3.63, 3.8) is 0 Å². The van der Waals surface area contributed by atoms with Crippen LogP contribution in [0, 0.1) is 6.92 Å². The Morgan fingerprint density at radius 1 is 1.05 bits per heavy atom. The number of hydrazone groups is 1. The van der Waals surface area contributed by atoms with Crippen LogP contribution in [0.25, 0.3) is 0 Å². The fourth-order valence-electron chi connectivity index (χ4n) is 1.80. The van der Waals surface area contributed by atoms with Gasteiger partial charge in [-0.25, -0.2) is 0 Å². The van der Waals surface area contributed by atoms with Crippen LogP contribution in [-0.4, -0.2) is 10.8 Å². The van der Waals surface area contributed by atoms with Crippen molar-refractivity contribution in [1.82, 2.24) is 5.43 Å². The Morgan fingerprint density at radius 2 is 1.74 bits per heavy atom. The van der Waals surface area contributed by atoms with Crippen LogP contribution in [-0.2, 0) is 0 Å². The van der Waals surface area contributed by atoms with Gasteiger partial charge < -0.3 is 5.73 Å². The molecule has 0 atom stereocenters. The molecule has 0 bridgehead atoms. The number of rotatable bonds is 3. The summed E-state index contributed by atoms with van der Waals surface area (Å²) in [4.78, 5) is 0. The highest BCUT2D eigenvalue weighted by Crippen LogP contribution is 2.12. The third kappa shape index (κ3) is 3.63. The molecule has 96 valence electrons. The number of thiocarbonyl (C=S) groups is 1. The van der Waals surface area contributed by atoms with Crippen LogP contribution >= 0.6 is 12.2 Å². The molecule has 0 aliphatic heterocycles. The summed E-state index contributed by atoms with van der Waals surface area (Å²) >= 11 is 4.80. The van der Waals surface area contributed by atoms with E-state index in [-0.39, 0.29) is 5.11 Å². The molecule has 3 N–H and O–H groups in total. The van der Waals surface area contributed by atoms with E-state index in [4.69, 9.17) is 18.0 Å². The fraction of sp³-hybridized carbons (Fsp3) is 0.0667. The van der Waals surface area contributed by atoms with Crippen molar-refractivity contribution in [1.29, 1.82) is 0 Å². The highest BCUT2D eigenvalue weighted by molar-refractivity contribution is 7.80. The lowest BCUT2D eigenvalue weighted by Gasteiger charge is -2.08. The van der Waals surface area contributed by atoms with Gasteiger partial charge in [0.05, 0.1) is 5.71 Å². The lowest BCUT2D eigenvalue weighted by atomic mass is 10.0. The smallest absolute Gasteiger partial charge is 0.184 e. The largest absolute Gasteiger partial charge is 0.375 e. The second-order valence-corrected chi connectivity index (χ2v) is 4.61. The zero-order valence-corrected chi connectivity index (χ0v) is 11.4. The number of nitrogens with two attached hydrogens (primary N) is 1. The molecule has 4 heteroatoms. The summed E-state index contributed by atoms with van der Waals surface area (Å²) in [6, 6.07) is 18.1. The van der Waals surface area contributed by atoms with E-state index < -0.39 is 0 Å². The van der Waals surface area contributed by atoms with Crippen LogP contribution < -0.4 is 11.2 Å². The Bertz CT molecular complexity index is 606. The van der Waals surface area contributed by atoms with Gasteiger partial charge in [-0.15, -0.1) is 0 Å². The Kier molecular flexibility index (Phi) is 4.26. The van der Waals surface area contributed by atoms with Gasteiger partial charge in [0.2, 0.25) is 0 Å². The minimum absolute atomic E-state index is 0.154. The quantitative estimate of drug-likeness (QED) is 0.511. The van der Waals surface area contributed by atoms with Gasteiger partial charge >= 0.3 is 0 Å². The molecule has 0 saturated carbocycles. The molecule has 0 aromatic heterocycles. The molecule has 2 rings (SSSR count). The lowest BCUT2D eigenvalue weighted by molar-refractivity contribution is 1.03. The molecule has 0 heterocycles. The molecular formula is C15H15N3S. The summed E-state index contributed by atoms with van der Waals surface area (Å²) in [7, 11) is 0. The maximum Gasteiger partial charge on any atom is 0.184 e. The van der Waals surface area contributed by atoms with E-state index in [1.165, 1.54) is 5.56 Å². The Hall–Kier alpha value is -2.20. The molecule has 2 aromatic rings. The number of hydrogen-bond donors (Lipinski definition) is 2. The molecule has 0 fully saturated rings. The summed E-state index contributed by atoms with van der Waals surface area (Å²) in [6.45, 7) is 2.05. The summed E-state index contributed by atoms with van der Waals surface area (Å²) in [5, 5.41) is 4.46. The Labute approximate surface area is 118 Å². The van der Waals surface area contributed by atoms with E-state index in [0.717, 1.165) is 16.8 Å². The average Bonchev–Trinajstić information content (AvgIpc) is 2.40. The lowest BCUT2D eigenvalue weighted by Crippen LogP contribution is -2.26. The van der Waals surface area contributed by atoms with Crippen molar-refractivity contribution < 1.29 is 0 Å². The predicted molar refractivity (Wildman–Crippen MR) is 83.2 cm³/mol. The first-order chi connectivity index (χ1) is 9.16. The second-order valence-electron chi connectivity index (χ2n) is 4.17. The molecule has 0 amide bonds. The monoisotopic (exact) mass is 269 g/mol. The third-order valence-electron chi connectivity index (χ3n) is 2.62. The molecule has 3 nitrogen and oxygen atoms in total. The highest BCUT2D eigenvalue weighted by atomic mass is 32.1. The van der Waals surface area contributed by atoms with Crippen LogP contribution in [0.3, 0.4) is 0 Å². The van der Waals surface area contributed by atoms with Crippen LogP contribution in [0.4, 0.5) is 0 Å². The first kappa shape index (κ1) is 13.2. The van der Waals surface area contributed by atoms with Crippen molar-refractivity contribution in [3.05, 3.63) is 71.3 Å². The molecule has 0 spiro atoms. The average molecular weight is 269 g/mol. The third-order valence-corrected chi connectivity index (χ3v) is 2.71. The first-order valence-electron chi connectivity index (χ1n) is 5.92. The molecule has 0 aliphatic carbocycles. The van der Waals surface area contributed by atoms with Gasteiger partial charge in [-0.1, -0.05) is 54.1 Å². The number of nitrogens with one attached hydrogen (secondary N) is 1. The Balaban J connectivity index is 2.46. The standard InChI is InChI=1S/C15H15N3S/c1-11-6-5-9-13(10-11)14(17-18-15(16)19)12-7-3-2-4-8-12/h2-10H,1H3,(H3,16,18,19)/b17-14+. The van der Waals surface area contributed by atoms with E-state index in [9.17, 15) is 0 Å². The van der Waals surface area contributed by atoms with Crippen LogP contribution in [0.15, 0.2) is 59.7 Å². The van der Waals surface area contributed by atoms with Gasteiger partial charge in [-0.05, 0) is 25.2 Å². The summed E-state index contributed by atoms with van der Waals surface area (Å²) in [5.74, 6) is 0. The van der Waals surface area contributed by atoms with Crippen molar-refractivity contribution in [2.75, 3.05) is 0 Å². The van der Waals surface area contributed by atoms with E-state index in [1.54, 1.807) is 0 Å². The topological polar surface area (TPSA) is 50.4 Å². The maximum absolute atomic E-state index is 5.44.